The van der Waals surface area contributed by atoms with Crippen LogP contribution >= 0.6 is 0 Å². The van der Waals surface area contributed by atoms with E-state index in [0.29, 0.717) is 0 Å². The molecular weight excluding hydrogens is 850 g/mol. The van der Waals surface area contributed by atoms with E-state index in [4.69, 9.17) is 42.6 Å². The zero-order chi connectivity index (χ0) is 46.5. The third-order valence-corrected chi connectivity index (χ3v) is 10.7. The van der Waals surface area contributed by atoms with Crippen molar-refractivity contribution in [1.82, 2.24) is 16.0 Å². The van der Waals surface area contributed by atoms with E-state index in [1.54, 1.807) is 6.07 Å². The topological polar surface area (TPSA) is 310 Å². The van der Waals surface area contributed by atoms with E-state index in [-0.39, 0.29) is 4.90 Å². The minimum absolute atomic E-state index is 0.0226. The summed E-state index contributed by atoms with van der Waals surface area (Å²) < 4.78 is 76.0. The number of carbonyl (C=O) groups is 8. The third-order valence-electron chi connectivity index (χ3n) is 8.99. The van der Waals surface area contributed by atoms with Gasteiger partial charge in [0.2, 0.25) is 17.7 Å². The summed E-state index contributed by atoms with van der Waals surface area (Å²) >= 11 is 0. The molecule has 24 heteroatoms. The van der Waals surface area contributed by atoms with Crippen molar-refractivity contribution in [1.29, 1.82) is 0 Å². The fourth-order valence-electron chi connectivity index (χ4n) is 6.34. The third kappa shape index (κ3) is 15.3. The second kappa shape index (κ2) is 23.3. The lowest BCUT2D eigenvalue weighted by molar-refractivity contribution is -0.334. The first-order valence-electron chi connectivity index (χ1n) is 19.2. The van der Waals surface area contributed by atoms with E-state index >= 15 is 0 Å². The van der Waals surface area contributed by atoms with Gasteiger partial charge >= 0.3 is 29.8 Å². The molecule has 2 saturated heterocycles. The highest BCUT2D eigenvalue weighted by Crippen LogP contribution is 2.33. The number of esters is 5. The number of nitrogens with one attached hydrogen (secondary N) is 3. The number of hydrogen-bond donors (Lipinski definition) is 4. The predicted octanol–water partition coefficient (Wildman–Crippen LogP) is -1.89. The molecule has 1 aromatic rings. The maximum Gasteiger partial charge on any atom is 0.328 e. The molecular formula is C38H53N3O20S. The van der Waals surface area contributed by atoms with Gasteiger partial charge in [0, 0.05) is 41.5 Å². The standard InChI is InChI=1S/C38H53N3O20S/c1-18(36(49)53-14-15-62(51,52)26-12-10-9-11-13-26)39-35(48)19(2)56-33-29(40-20(3)42)37(50)59-27(16-54-22(5)44)32(33)61-38-30(41-21(4)43)34(58-25(8)47)31(57-24(7)46)28(60-38)17-55-23(6)45/h9-13,18-19,27-34,37-38,50H,14-17H2,1-8H3,(H,39,48)(H,40,42)(H,41,43)/t18-,19+,27+,28+,29+,30+,31+,32+,33+,34+,37-,38-/m0/s1. The smallest absolute Gasteiger partial charge is 0.328 e. The van der Waals surface area contributed by atoms with Gasteiger partial charge in [-0.1, -0.05) is 18.2 Å². The highest BCUT2D eigenvalue weighted by molar-refractivity contribution is 7.91. The van der Waals surface area contributed by atoms with Gasteiger partial charge < -0.3 is 63.7 Å². The van der Waals surface area contributed by atoms with E-state index in [1.165, 1.54) is 38.1 Å². The summed E-state index contributed by atoms with van der Waals surface area (Å²) in [5, 5.41) is 18.5. The predicted molar refractivity (Wildman–Crippen MR) is 205 cm³/mol. The molecule has 0 aromatic heterocycles. The first-order valence-corrected chi connectivity index (χ1v) is 20.9. The number of carbonyl (C=O) groups excluding carboxylic acids is 8. The van der Waals surface area contributed by atoms with Crippen molar-refractivity contribution in [2.75, 3.05) is 25.6 Å². The van der Waals surface area contributed by atoms with E-state index in [9.17, 15) is 51.9 Å². The minimum atomic E-state index is -3.79. The van der Waals surface area contributed by atoms with Crippen LogP contribution in [0.4, 0.5) is 0 Å². The number of amides is 3. The van der Waals surface area contributed by atoms with E-state index in [1.807, 2.05) is 0 Å². The SMILES string of the molecule is CC(=O)N[C@@H]1[C@@H](O[C@H](C)C(=O)N[C@@H](C)C(=O)OCCS(=O)(=O)c2ccccc2)[C@H](O[C@@H]2O[C@H](COC(C)=O)[C@@H](OC(C)=O)[C@H](OC(C)=O)[C@H]2NC(C)=O)[C@@H](COC(C)=O)O[C@@H]1O. The Balaban J connectivity index is 1.99. The van der Waals surface area contributed by atoms with Gasteiger partial charge in [-0.15, -0.1) is 0 Å². The average Bonchev–Trinajstić information content (AvgIpc) is 3.17. The maximum absolute atomic E-state index is 13.5. The summed E-state index contributed by atoms with van der Waals surface area (Å²) in [5.41, 5.74) is 0. The van der Waals surface area contributed by atoms with Crippen molar-refractivity contribution in [3.05, 3.63) is 30.3 Å². The van der Waals surface area contributed by atoms with Crippen LogP contribution in [0.5, 0.6) is 0 Å². The van der Waals surface area contributed by atoms with Crippen LogP contribution in [-0.2, 0) is 90.8 Å². The van der Waals surface area contributed by atoms with Crippen molar-refractivity contribution in [3.8, 4) is 0 Å². The summed E-state index contributed by atoms with van der Waals surface area (Å²) in [4.78, 5) is 100.0. The molecule has 4 N–H and O–H groups in total. The summed E-state index contributed by atoms with van der Waals surface area (Å²) in [6.07, 6.45) is -14.6. The van der Waals surface area contributed by atoms with Gasteiger partial charge in [-0.2, -0.15) is 0 Å². The Morgan fingerprint density at radius 2 is 1.23 bits per heavy atom. The quantitative estimate of drug-likeness (QED) is 0.0871. The maximum atomic E-state index is 13.5. The molecule has 2 heterocycles. The summed E-state index contributed by atoms with van der Waals surface area (Å²) in [6, 6.07) is 3.02. The molecule has 2 aliphatic heterocycles. The summed E-state index contributed by atoms with van der Waals surface area (Å²) in [7, 11) is -3.79. The fraction of sp³-hybridized carbons (Fsp3) is 0.632. The van der Waals surface area contributed by atoms with Crippen LogP contribution in [0.15, 0.2) is 35.2 Å². The lowest BCUT2D eigenvalue weighted by Gasteiger charge is -2.49. The monoisotopic (exact) mass is 903 g/mol. The molecule has 2 fully saturated rings. The van der Waals surface area contributed by atoms with Crippen molar-refractivity contribution >= 4 is 57.4 Å². The highest BCUT2D eigenvalue weighted by Gasteiger charge is 2.55. The van der Waals surface area contributed by atoms with Crippen LogP contribution in [0, 0.1) is 0 Å². The van der Waals surface area contributed by atoms with Crippen molar-refractivity contribution in [2.45, 2.75) is 134 Å². The normalized spacial score (nSPS) is 26.9. The number of aliphatic hydroxyl groups excluding tert-OH is 1. The number of sulfone groups is 1. The van der Waals surface area contributed by atoms with Crippen LogP contribution in [-0.4, -0.2) is 160 Å². The van der Waals surface area contributed by atoms with Gasteiger partial charge in [0.15, 0.2) is 34.6 Å². The number of hydrogen-bond acceptors (Lipinski definition) is 20. The average molecular weight is 904 g/mol. The Hall–Kier alpha value is -5.27. The molecule has 346 valence electrons. The lowest BCUT2D eigenvalue weighted by Crippen LogP contribution is -2.70. The molecule has 0 spiro atoms. The molecule has 0 bridgehead atoms. The molecule has 3 rings (SSSR count). The lowest BCUT2D eigenvalue weighted by atomic mass is 9.93. The van der Waals surface area contributed by atoms with Crippen molar-refractivity contribution in [2.24, 2.45) is 0 Å². The van der Waals surface area contributed by atoms with E-state index in [2.05, 4.69) is 16.0 Å². The highest BCUT2D eigenvalue weighted by atomic mass is 32.2. The molecule has 3 amide bonds. The van der Waals surface area contributed by atoms with Gasteiger partial charge in [0.1, 0.15) is 68.5 Å². The van der Waals surface area contributed by atoms with Crippen LogP contribution in [0.25, 0.3) is 0 Å². The first kappa shape index (κ1) is 51.1. The largest absolute Gasteiger partial charge is 0.463 e. The molecule has 0 aliphatic carbocycles. The molecule has 2 aliphatic rings. The Morgan fingerprint density at radius 1 is 0.694 bits per heavy atom. The Bertz CT molecular complexity index is 1880. The Kier molecular flexibility index (Phi) is 19.2. The second-order valence-electron chi connectivity index (χ2n) is 14.2. The second-order valence-corrected chi connectivity index (χ2v) is 16.3. The van der Waals surface area contributed by atoms with Crippen molar-refractivity contribution < 1.29 is 94.5 Å². The fourth-order valence-corrected chi connectivity index (χ4v) is 7.45. The molecule has 23 nitrogen and oxygen atoms in total. The Morgan fingerprint density at radius 3 is 1.76 bits per heavy atom. The number of benzene rings is 1. The summed E-state index contributed by atoms with van der Waals surface area (Å²) in [5.74, 6) is -7.31. The zero-order valence-electron chi connectivity index (χ0n) is 35.3. The van der Waals surface area contributed by atoms with Crippen LogP contribution in [0.3, 0.4) is 0 Å². The molecule has 0 saturated carbocycles. The van der Waals surface area contributed by atoms with Gasteiger partial charge in [0.05, 0.1) is 10.6 Å². The molecule has 1 aromatic carbocycles. The molecule has 12 atom stereocenters. The van der Waals surface area contributed by atoms with E-state index < -0.39 is 156 Å². The van der Waals surface area contributed by atoms with Gasteiger partial charge in [-0.25, -0.2) is 13.2 Å². The van der Waals surface area contributed by atoms with Gasteiger partial charge in [0.25, 0.3) is 0 Å². The summed E-state index contributed by atoms with van der Waals surface area (Å²) in [6.45, 7) is 7.11. The first-order chi connectivity index (χ1) is 29.0. The van der Waals surface area contributed by atoms with Crippen molar-refractivity contribution in [3.63, 3.8) is 0 Å². The molecule has 0 unspecified atom stereocenters. The molecule has 62 heavy (non-hydrogen) atoms. The van der Waals surface area contributed by atoms with Crippen LogP contribution in [0.1, 0.15) is 55.4 Å². The minimum Gasteiger partial charge on any atom is -0.463 e. The Labute approximate surface area is 356 Å². The van der Waals surface area contributed by atoms with Gasteiger partial charge in [-0.05, 0) is 26.0 Å². The van der Waals surface area contributed by atoms with Gasteiger partial charge in [-0.3, -0.25) is 33.6 Å². The molecule has 0 radical (unpaired) electrons. The zero-order valence-corrected chi connectivity index (χ0v) is 36.1. The van der Waals surface area contributed by atoms with E-state index in [0.717, 1.165) is 41.5 Å². The number of rotatable bonds is 19. The van der Waals surface area contributed by atoms with Crippen LogP contribution < -0.4 is 16.0 Å². The van der Waals surface area contributed by atoms with Crippen LogP contribution in [0.2, 0.25) is 0 Å². The number of aliphatic hydroxyl groups is 1. The number of ether oxygens (including phenoxy) is 9.